The maximum atomic E-state index is 14.3. The van der Waals surface area contributed by atoms with Gasteiger partial charge in [0, 0.05) is 5.56 Å². The number of phenols is 2. The third-order valence-corrected chi connectivity index (χ3v) is 3.78. The maximum absolute atomic E-state index is 14.3. The van der Waals surface area contributed by atoms with Crippen LogP contribution in [0.1, 0.15) is 53.9 Å². The third kappa shape index (κ3) is 2.34. The highest BCUT2D eigenvalue weighted by Gasteiger charge is 2.32. The third-order valence-electron chi connectivity index (χ3n) is 3.78. The van der Waals surface area contributed by atoms with E-state index < -0.39 is 47.1 Å². The van der Waals surface area contributed by atoms with Crippen molar-refractivity contribution < 1.29 is 28.2 Å². The maximum Gasteiger partial charge on any atom is 0.207 e. The van der Waals surface area contributed by atoms with E-state index in [0.29, 0.717) is 12.8 Å². The summed E-state index contributed by atoms with van der Waals surface area (Å²) in [6, 6.07) is 0. The predicted molar refractivity (Wildman–Crippen MR) is 65.8 cm³/mol. The average Bonchev–Trinajstić information content (AvgIpc) is 2.46. The van der Waals surface area contributed by atoms with Gasteiger partial charge in [0.05, 0.1) is 0 Å². The molecule has 2 rings (SSSR count). The number of hydrogen-bond donors (Lipinski definition) is 2. The van der Waals surface area contributed by atoms with Crippen molar-refractivity contribution in [2.75, 3.05) is 6.67 Å². The lowest BCUT2D eigenvalue weighted by Gasteiger charge is -2.24. The number of carbonyl (C=O) groups is 1. The summed E-state index contributed by atoms with van der Waals surface area (Å²) in [5.74, 6) is -6.76. The zero-order valence-corrected chi connectivity index (χ0v) is 10.8. The van der Waals surface area contributed by atoms with Crippen LogP contribution in [0.15, 0.2) is 0 Å². The summed E-state index contributed by atoms with van der Waals surface area (Å²) >= 11 is 0. The topological polar surface area (TPSA) is 57.5 Å². The van der Waals surface area contributed by atoms with Crippen molar-refractivity contribution in [3.63, 3.8) is 0 Å². The molecule has 1 saturated carbocycles. The van der Waals surface area contributed by atoms with Gasteiger partial charge >= 0.3 is 0 Å². The number of phenolic OH excluding ortho intramolecular Hbond substituents is 2. The average molecular weight is 288 g/mol. The van der Waals surface area contributed by atoms with E-state index in [1.54, 1.807) is 0 Å². The first-order valence-electron chi connectivity index (χ1n) is 6.51. The van der Waals surface area contributed by atoms with E-state index in [1.807, 2.05) is 0 Å². The Morgan fingerprint density at radius 3 is 2.20 bits per heavy atom. The molecular weight excluding hydrogens is 273 g/mol. The molecule has 0 aromatic heterocycles. The van der Waals surface area contributed by atoms with E-state index in [4.69, 9.17) is 0 Å². The summed E-state index contributed by atoms with van der Waals surface area (Å²) in [6.45, 7) is -1.54. The van der Waals surface area contributed by atoms with Crippen LogP contribution < -0.4 is 0 Å². The minimum absolute atomic E-state index is 0.322. The second-order valence-corrected chi connectivity index (χ2v) is 5.01. The van der Waals surface area contributed by atoms with Gasteiger partial charge in [-0.1, -0.05) is 19.3 Å². The fraction of sp³-hybridized carbons (Fsp3) is 0.500. The number of carbonyl (C=O) groups excluding carboxylic acids is 1. The first kappa shape index (κ1) is 14.7. The van der Waals surface area contributed by atoms with Crippen LogP contribution in [0.2, 0.25) is 0 Å². The van der Waals surface area contributed by atoms with E-state index in [2.05, 4.69) is 0 Å². The van der Waals surface area contributed by atoms with Gasteiger partial charge in [-0.2, -0.15) is 4.39 Å². The van der Waals surface area contributed by atoms with E-state index >= 15 is 0 Å². The Kier molecular flexibility index (Phi) is 4.20. The number of ketones is 1. The molecule has 0 atom stereocenters. The Bertz CT molecular complexity index is 537. The molecule has 1 aliphatic rings. The molecule has 1 aromatic carbocycles. The molecule has 1 aromatic rings. The number of Topliss-reactive ketones (excluding diaryl/α,β-unsaturated/α-hetero) is 1. The van der Waals surface area contributed by atoms with Crippen LogP contribution in [0.4, 0.5) is 13.2 Å². The fourth-order valence-electron chi connectivity index (χ4n) is 2.77. The molecule has 2 N–H and O–H groups in total. The molecule has 0 spiro atoms. The predicted octanol–water partition coefficient (Wildman–Crippen LogP) is 3.58. The van der Waals surface area contributed by atoms with Crippen molar-refractivity contribution in [2.24, 2.45) is 0 Å². The van der Waals surface area contributed by atoms with E-state index in [1.165, 1.54) is 0 Å². The van der Waals surface area contributed by atoms with Crippen molar-refractivity contribution >= 4 is 5.78 Å². The monoisotopic (exact) mass is 288 g/mol. The molecule has 6 heteroatoms. The molecule has 0 aliphatic heterocycles. The van der Waals surface area contributed by atoms with Gasteiger partial charge in [0.2, 0.25) is 11.6 Å². The highest BCUT2D eigenvalue weighted by atomic mass is 19.1. The Hall–Kier alpha value is -1.72. The molecule has 0 bridgehead atoms. The van der Waals surface area contributed by atoms with Crippen LogP contribution >= 0.6 is 0 Å². The molecule has 0 radical (unpaired) electrons. The minimum atomic E-state index is -1.54. The molecule has 0 unspecified atom stereocenters. The van der Waals surface area contributed by atoms with Crippen molar-refractivity contribution in [3.8, 4) is 11.5 Å². The van der Waals surface area contributed by atoms with Crippen molar-refractivity contribution in [1.29, 1.82) is 0 Å². The van der Waals surface area contributed by atoms with E-state index in [0.717, 1.165) is 19.3 Å². The number of hydrogen-bond acceptors (Lipinski definition) is 3. The SMILES string of the molecule is O=C(CF)c1c(O)c(F)c(O)c(C2CCCCC2)c1F. The van der Waals surface area contributed by atoms with Crippen molar-refractivity contribution in [3.05, 3.63) is 22.8 Å². The number of halogens is 3. The van der Waals surface area contributed by atoms with Gasteiger partial charge < -0.3 is 10.2 Å². The van der Waals surface area contributed by atoms with Gasteiger partial charge in [-0.15, -0.1) is 0 Å². The Morgan fingerprint density at radius 1 is 1.05 bits per heavy atom. The molecule has 0 amide bonds. The largest absolute Gasteiger partial charge is 0.504 e. The van der Waals surface area contributed by atoms with Gasteiger partial charge in [0.1, 0.15) is 11.4 Å². The first-order valence-corrected chi connectivity index (χ1v) is 6.51. The smallest absolute Gasteiger partial charge is 0.207 e. The Labute approximate surface area is 114 Å². The van der Waals surface area contributed by atoms with Crippen LogP contribution in [-0.2, 0) is 0 Å². The second kappa shape index (κ2) is 5.73. The molecule has 20 heavy (non-hydrogen) atoms. The van der Waals surface area contributed by atoms with E-state index in [9.17, 15) is 28.2 Å². The number of rotatable bonds is 3. The highest BCUT2D eigenvalue weighted by Crippen LogP contribution is 2.44. The summed E-state index contributed by atoms with van der Waals surface area (Å²) in [4.78, 5) is 11.3. The van der Waals surface area contributed by atoms with E-state index in [-0.39, 0.29) is 5.56 Å². The molecule has 110 valence electrons. The Morgan fingerprint density at radius 2 is 1.65 bits per heavy atom. The standard InChI is InChI=1S/C14H15F3O3/c15-6-8(18)10-11(16)9(7-4-2-1-3-5-7)13(19)12(17)14(10)20/h7,19-20H,1-6H2. The van der Waals surface area contributed by atoms with Gasteiger partial charge in [-0.3, -0.25) is 4.79 Å². The van der Waals surface area contributed by atoms with Crippen LogP contribution in [0, 0.1) is 11.6 Å². The van der Waals surface area contributed by atoms with Crippen LogP contribution in [-0.4, -0.2) is 22.7 Å². The molecule has 0 heterocycles. The second-order valence-electron chi connectivity index (χ2n) is 5.01. The van der Waals surface area contributed by atoms with Crippen LogP contribution in [0.25, 0.3) is 0 Å². The lowest BCUT2D eigenvalue weighted by Crippen LogP contribution is -2.13. The summed E-state index contributed by atoms with van der Waals surface area (Å²) < 4.78 is 40.5. The first-order chi connectivity index (χ1) is 9.49. The van der Waals surface area contributed by atoms with Gasteiger partial charge in [0.25, 0.3) is 0 Å². The molecule has 0 saturated heterocycles. The number of alkyl halides is 1. The van der Waals surface area contributed by atoms with Crippen molar-refractivity contribution in [2.45, 2.75) is 38.0 Å². The zero-order valence-electron chi connectivity index (χ0n) is 10.8. The number of aromatic hydroxyl groups is 2. The summed E-state index contributed by atoms with van der Waals surface area (Å²) in [6.07, 6.45) is 3.68. The Balaban J connectivity index is 2.61. The summed E-state index contributed by atoms with van der Waals surface area (Å²) in [5, 5.41) is 19.1. The molecule has 1 aliphatic carbocycles. The summed E-state index contributed by atoms with van der Waals surface area (Å²) in [5.41, 5.74) is -1.33. The normalized spacial score (nSPS) is 16.4. The van der Waals surface area contributed by atoms with Gasteiger partial charge in [-0.05, 0) is 18.8 Å². The van der Waals surface area contributed by atoms with Crippen LogP contribution in [0.3, 0.4) is 0 Å². The lowest BCUT2D eigenvalue weighted by atomic mass is 9.82. The lowest BCUT2D eigenvalue weighted by molar-refractivity contribution is 0.0950. The fourth-order valence-corrected chi connectivity index (χ4v) is 2.77. The summed E-state index contributed by atoms with van der Waals surface area (Å²) in [7, 11) is 0. The van der Waals surface area contributed by atoms with Crippen molar-refractivity contribution in [1.82, 2.24) is 0 Å². The molecule has 3 nitrogen and oxygen atoms in total. The quantitative estimate of drug-likeness (QED) is 0.836. The van der Waals surface area contributed by atoms with Gasteiger partial charge in [0.15, 0.2) is 18.2 Å². The van der Waals surface area contributed by atoms with Crippen LogP contribution in [0.5, 0.6) is 11.5 Å². The van der Waals surface area contributed by atoms with Gasteiger partial charge in [-0.25, -0.2) is 8.78 Å². The minimum Gasteiger partial charge on any atom is -0.504 e. The zero-order chi connectivity index (χ0) is 14.9. The number of benzene rings is 1. The highest BCUT2D eigenvalue weighted by molar-refractivity contribution is 6.00. The molecular formula is C14H15F3O3. The molecule has 1 fully saturated rings.